The summed E-state index contributed by atoms with van der Waals surface area (Å²) in [7, 11) is 0. The third-order valence-electron chi connectivity index (χ3n) is 4.71. The molecular weight excluding hydrogens is 311 g/mol. The molecule has 0 spiro atoms. The van der Waals surface area contributed by atoms with Gasteiger partial charge in [-0.2, -0.15) is 0 Å². The fourth-order valence-corrected chi connectivity index (χ4v) is 3.13. The number of hydrogen-bond acceptors (Lipinski definition) is 4. The summed E-state index contributed by atoms with van der Waals surface area (Å²) >= 11 is 0. The zero-order valence-corrected chi connectivity index (χ0v) is 13.5. The van der Waals surface area contributed by atoms with Gasteiger partial charge in [0.05, 0.1) is 31.5 Å². The van der Waals surface area contributed by atoms with Gasteiger partial charge in [0.2, 0.25) is 0 Å². The van der Waals surface area contributed by atoms with Gasteiger partial charge in [0.1, 0.15) is 5.82 Å². The molecule has 1 amide bonds. The molecule has 2 heterocycles. The Morgan fingerprint density at radius 2 is 2.12 bits per heavy atom. The van der Waals surface area contributed by atoms with Crippen molar-refractivity contribution in [1.82, 2.24) is 20.3 Å². The Labute approximate surface area is 139 Å². The van der Waals surface area contributed by atoms with Gasteiger partial charge in [0, 0.05) is 11.0 Å². The second kappa shape index (κ2) is 5.37. The number of halogens is 1. The summed E-state index contributed by atoms with van der Waals surface area (Å²) in [6.07, 6.45) is 3.09. The first-order valence-electron chi connectivity index (χ1n) is 8.05. The van der Waals surface area contributed by atoms with Gasteiger partial charge in [-0.05, 0) is 18.9 Å². The Morgan fingerprint density at radius 3 is 2.75 bits per heavy atom. The predicted octanol–water partition coefficient (Wildman–Crippen LogP) is 1.87. The van der Waals surface area contributed by atoms with Crippen molar-refractivity contribution in [3.8, 4) is 0 Å². The van der Waals surface area contributed by atoms with Gasteiger partial charge >= 0.3 is 0 Å². The minimum absolute atomic E-state index is 0.0479. The zero-order valence-electron chi connectivity index (χ0n) is 13.5. The van der Waals surface area contributed by atoms with Crippen LogP contribution in [0.25, 0.3) is 0 Å². The van der Waals surface area contributed by atoms with Crippen LogP contribution in [0.2, 0.25) is 0 Å². The van der Waals surface area contributed by atoms with E-state index in [1.807, 2.05) is 0 Å². The molecule has 1 saturated heterocycles. The van der Waals surface area contributed by atoms with Crippen molar-refractivity contribution in [2.75, 3.05) is 13.2 Å². The van der Waals surface area contributed by atoms with Crippen molar-refractivity contribution >= 4 is 5.91 Å². The lowest BCUT2D eigenvalue weighted by atomic mass is 9.89. The van der Waals surface area contributed by atoms with E-state index in [9.17, 15) is 9.18 Å². The highest BCUT2D eigenvalue weighted by Gasteiger charge is 2.47. The predicted molar refractivity (Wildman–Crippen MR) is 83.7 cm³/mol. The van der Waals surface area contributed by atoms with E-state index < -0.39 is 5.54 Å². The van der Waals surface area contributed by atoms with Crippen molar-refractivity contribution in [2.24, 2.45) is 5.41 Å². The van der Waals surface area contributed by atoms with Crippen LogP contribution in [0.4, 0.5) is 4.39 Å². The molecule has 1 aliphatic heterocycles. The fourth-order valence-electron chi connectivity index (χ4n) is 3.13. The second-order valence-electron chi connectivity index (χ2n) is 7.12. The zero-order chi connectivity index (χ0) is 16.8. The van der Waals surface area contributed by atoms with Crippen molar-refractivity contribution in [3.05, 3.63) is 47.5 Å². The van der Waals surface area contributed by atoms with Crippen molar-refractivity contribution in [2.45, 2.75) is 31.8 Å². The number of nitrogens with one attached hydrogen (secondary N) is 1. The van der Waals surface area contributed by atoms with Crippen LogP contribution in [0.15, 0.2) is 30.5 Å². The fraction of sp³-hybridized carbons (Fsp3) is 0.471. The molecule has 0 unspecified atom stereocenters. The van der Waals surface area contributed by atoms with E-state index in [4.69, 9.17) is 4.74 Å². The Hall–Kier alpha value is -2.28. The maximum Gasteiger partial charge on any atom is 0.274 e. The molecular formula is C17H19FN4O2. The quantitative estimate of drug-likeness (QED) is 0.909. The van der Waals surface area contributed by atoms with Crippen LogP contribution in [0.3, 0.4) is 0 Å². The third-order valence-corrected chi connectivity index (χ3v) is 4.71. The summed E-state index contributed by atoms with van der Waals surface area (Å²) in [4.78, 5) is 12.5. The highest BCUT2D eigenvalue weighted by atomic mass is 19.1. The molecule has 1 aromatic carbocycles. The van der Waals surface area contributed by atoms with Gasteiger partial charge < -0.3 is 10.1 Å². The number of nitrogens with zero attached hydrogens (tertiary/aromatic N) is 3. The molecule has 2 fully saturated rings. The Kier molecular flexibility index (Phi) is 3.42. The number of amides is 1. The topological polar surface area (TPSA) is 69.0 Å². The summed E-state index contributed by atoms with van der Waals surface area (Å²) in [5.74, 6) is -0.617. The standard InChI is InChI=1S/C17H19FN4O2/c1-16(10-24-11-16)9-22-8-14(20-21-22)15(23)19-17(6-7-17)12-4-2-3-5-13(12)18/h2-5,8H,6-7,9-11H2,1H3,(H,19,23). The van der Waals surface area contributed by atoms with Gasteiger partial charge in [0.25, 0.3) is 5.91 Å². The van der Waals surface area contributed by atoms with E-state index in [1.165, 1.54) is 6.07 Å². The molecule has 1 aliphatic carbocycles. The number of benzene rings is 1. The lowest BCUT2D eigenvalue weighted by Gasteiger charge is -2.37. The smallest absolute Gasteiger partial charge is 0.274 e. The van der Waals surface area contributed by atoms with Crippen LogP contribution in [0.1, 0.15) is 35.8 Å². The Morgan fingerprint density at radius 1 is 1.38 bits per heavy atom. The molecule has 1 saturated carbocycles. The molecule has 0 radical (unpaired) electrons. The molecule has 1 aromatic heterocycles. The van der Waals surface area contributed by atoms with Gasteiger partial charge in [-0.3, -0.25) is 9.48 Å². The summed E-state index contributed by atoms with van der Waals surface area (Å²) < 4.78 is 20.9. The van der Waals surface area contributed by atoms with Crippen LogP contribution >= 0.6 is 0 Å². The highest BCUT2D eigenvalue weighted by Crippen LogP contribution is 2.46. The molecule has 7 heteroatoms. The molecule has 2 aliphatic rings. The lowest BCUT2D eigenvalue weighted by Crippen LogP contribution is -2.43. The first-order valence-corrected chi connectivity index (χ1v) is 8.05. The van der Waals surface area contributed by atoms with Gasteiger partial charge in [-0.25, -0.2) is 4.39 Å². The molecule has 126 valence electrons. The van der Waals surface area contributed by atoms with E-state index >= 15 is 0 Å². The molecule has 0 bridgehead atoms. The minimum Gasteiger partial charge on any atom is -0.380 e. The maximum atomic E-state index is 14.0. The van der Waals surface area contributed by atoms with Crippen molar-refractivity contribution in [3.63, 3.8) is 0 Å². The van der Waals surface area contributed by atoms with E-state index in [1.54, 1.807) is 29.1 Å². The molecule has 6 nitrogen and oxygen atoms in total. The number of aromatic nitrogens is 3. The van der Waals surface area contributed by atoms with E-state index in [0.29, 0.717) is 25.3 Å². The van der Waals surface area contributed by atoms with Crippen LogP contribution in [0.5, 0.6) is 0 Å². The van der Waals surface area contributed by atoms with Gasteiger partial charge in [-0.15, -0.1) is 5.10 Å². The lowest BCUT2D eigenvalue weighted by molar-refractivity contribution is -0.111. The number of rotatable bonds is 5. The first-order chi connectivity index (χ1) is 11.5. The van der Waals surface area contributed by atoms with E-state index in [0.717, 1.165) is 12.8 Å². The highest BCUT2D eigenvalue weighted by molar-refractivity contribution is 5.92. The number of hydrogen-bond donors (Lipinski definition) is 1. The summed E-state index contributed by atoms with van der Waals surface area (Å²) in [6, 6.07) is 6.56. The van der Waals surface area contributed by atoms with E-state index in [2.05, 4.69) is 22.6 Å². The van der Waals surface area contributed by atoms with Crippen LogP contribution in [-0.2, 0) is 16.8 Å². The van der Waals surface area contributed by atoms with Crippen molar-refractivity contribution < 1.29 is 13.9 Å². The van der Waals surface area contributed by atoms with Gasteiger partial charge in [0.15, 0.2) is 5.69 Å². The number of carbonyl (C=O) groups excluding carboxylic acids is 1. The largest absolute Gasteiger partial charge is 0.380 e. The van der Waals surface area contributed by atoms with E-state index in [-0.39, 0.29) is 22.8 Å². The van der Waals surface area contributed by atoms with Crippen molar-refractivity contribution in [1.29, 1.82) is 0 Å². The van der Waals surface area contributed by atoms with Crippen LogP contribution in [0, 0.1) is 11.2 Å². The molecule has 2 aromatic rings. The summed E-state index contributed by atoms with van der Waals surface area (Å²) in [5.41, 5.74) is 0.220. The average molecular weight is 330 g/mol. The Bertz CT molecular complexity index is 780. The Balaban J connectivity index is 1.47. The number of ether oxygens (including phenoxy) is 1. The second-order valence-corrected chi connectivity index (χ2v) is 7.12. The maximum absolute atomic E-state index is 14.0. The average Bonchev–Trinajstić information content (AvgIpc) is 3.15. The SMILES string of the molecule is CC1(Cn2cc(C(=O)NC3(c4ccccc4F)CC3)nn2)COC1. The minimum atomic E-state index is -0.611. The third kappa shape index (κ3) is 2.69. The monoisotopic (exact) mass is 330 g/mol. The normalized spacial score (nSPS) is 20.2. The molecule has 24 heavy (non-hydrogen) atoms. The summed E-state index contributed by atoms with van der Waals surface area (Å²) in [5, 5.41) is 10.9. The summed E-state index contributed by atoms with van der Waals surface area (Å²) in [6.45, 7) is 4.14. The first kappa shape index (κ1) is 15.3. The van der Waals surface area contributed by atoms with Crippen LogP contribution in [-0.4, -0.2) is 34.1 Å². The van der Waals surface area contributed by atoms with Crippen LogP contribution < -0.4 is 5.32 Å². The number of carbonyl (C=O) groups is 1. The molecule has 1 N–H and O–H groups in total. The molecule has 0 atom stereocenters. The molecule has 4 rings (SSSR count). The van der Waals surface area contributed by atoms with Gasteiger partial charge in [-0.1, -0.05) is 30.3 Å².